The summed E-state index contributed by atoms with van der Waals surface area (Å²) in [5.41, 5.74) is 12.6. The van der Waals surface area contributed by atoms with Crippen molar-refractivity contribution in [2.45, 2.75) is 52.2 Å². The van der Waals surface area contributed by atoms with E-state index in [1.165, 1.54) is 0 Å². The number of aliphatic carboxylic acids is 1. The predicted molar refractivity (Wildman–Crippen MR) is 144 cm³/mol. The first-order valence-electron chi connectivity index (χ1n) is 12.2. The van der Waals surface area contributed by atoms with Crippen molar-refractivity contribution in [3.8, 4) is 11.1 Å². The fourth-order valence-electron chi connectivity index (χ4n) is 4.39. The van der Waals surface area contributed by atoms with Crippen LogP contribution in [0.3, 0.4) is 0 Å². The molecule has 9 heteroatoms. The number of benzene rings is 1. The van der Waals surface area contributed by atoms with Gasteiger partial charge < -0.3 is 15.6 Å². The number of aryl methyl sites for hydroxylation is 1. The van der Waals surface area contributed by atoms with Gasteiger partial charge in [-0.05, 0) is 83.1 Å². The molecule has 0 bridgehead atoms. The van der Waals surface area contributed by atoms with Gasteiger partial charge in [0.25, 0.3) is 0 Å². The monoisotopic (exact) mass is 564 g/mol. The number of hydrogen-bond acceptors (Lipinski definition) is 5. The molecule has 0 spiro atoms. The number of carbonyl (C=O) groups is 2. The van der Waals surface area contributed by atoms with Crippen LogP contribution >= 0.6 is 15.9 Å². The van der Waals surface area contributed by atoms with Crippen LogP contribution in [0, 0.1) is 0 Å². The second kappa shape index (κ2) is 12.1. The first kappa shape index (κ1) is 26.5. The Balaban J connectivity index is 1.71. The number of rotatable bonds is 12. The van der Waals surface area contributed by atoms with Crippen molar-refractivity contribution in [3.05, 3.63) is 87.4 Å². The van der Waals surface area contributed by atoms with E-state index in [0.29, 0.717) is 31.4 Å². The summed E-state index contributed by atoms with van der Waals surface area (Å²) in [6.07, 6.45) is 6.48. The number of carboxylic acids is 1. The van der Waals surface area contributed by atoms with Crippen LogP contribution in [0.2, 0.25) is 0 Å². The van der Waals surface area contributed by atoms with Crippen molar-refractivity contribution in [3.63, 3.8) is 0 Å². The molecule has 4 rings (SSSR count). The van der Waals surface area contributed by atoms with Crippen molar-refractivity contribution in [2.24, 2.45) is 5.73 Å². The van der Waals surface area contributed by atoms with E-state index < -0.39 is 11.9 Å². The SMILES string of the molecule is CCc1ccc2c(-c3cncc(Br)c3)c(CCCCC(=O)O)c(COCc3ccc(C(N)=O)cc3)nn12. The van der Waals surface area contributed by atoms with E-state index in [9.17, 15) is 9.59 Å². The lowest BCUT2D eigenvalue weighted by Gasteiger charge is -2.18. The molecule has 37 heavy (non-hydrogen) atoms. The summed E-state index contributed by atoms with van der Waals surface area (Å²) < 4.78 is 8.94. The second-order valence-corrected chi connectivity index (χ2v) is 9.74. The van der Waals surface area contributed by atoms with Gasteiger partial charge >= 0.3 is 5.97 Å². The van der Waals surface area contributed by atoms with Crippen molar-refractivity contribution in [1.82, 2.24) is 14.6 Å². The maximum Gasteiger partial charge on any atom is 0.303 e. The van der Waals surface area contributed by atoms with Crippen molar-refractivity contribution in [2.75, 3.05) is 0 Å². The predicted octanol–water partition coefficient (Wildman–Crippen LogP) is 5.33. The maximum atomic E-state index is 11.3. The number of aromatic nitrogens is 3. The van der Waals surface area contributed by atoms with Gasteiger partial charge in [-0.25, -0.2) is 4.52 Å². The van der Waals surface area contributed by atoms with Gasteiger partial charge in [0.15, 0.2) is 0 Å². The Morgan fingerprint density at radius 2 is 1.86 bits per heavy atom. The van der Waals surface area contributed by atoms with Crippen LogP contribution in [0.5, 0.6) is 0 Å². The molecule has 0 saturated carbocycles. The first-order chi connectivity index (χ1) is 17.9. The molecule has 3 N–H and O–H groups in total. The smallest absolute Gasteiger partial charge is 0.303 e. The Hall–Kier alpha value is -3.56. The molecule has 0 fully saturated rings. The van der Waals surface area contributed by atoms with Crippen LogP contribution < -0.4 is 5.73 Å². The molecule has 3 heterocycles. The molecule has 0 unspecified atom stereocenters. The molecule has 1 amide bonds. The molecule has 0 radical (unpaired) electrons. The number of pyridine rings is 1. The zero-order chi connectivity index (χ0) is 26.4. The first-order valence-corrected chi connectivity index (χ1v) is 13.0. The topological polar surface area (TPSA) is 120 Å². The molecule has 0 aliphatic carbocycles. The van der Waals surface area contributed by atoms with Crippen molar-refractivity contribution < 1.29 is 19.4 Å². The van der Waals surface area contributed by atoms with Crippen LogP contribution in [0.25, 0.3) is 16.6 Å². The highest BCUT2D eigenvalue weighted by Crippen LogP contribution is 2.34. The third-order valence-electron chi connectivity index (χ3n) is 6.23. The third-order valence-corrected chi connectivity index (χ3v) is 6.66. The second-order valence-electron chi connectivity index (χ2n) is 8.82. The lowest BCUT2D eigenvalue weighted by atomic mass is 9.95. The molecule has 0 atom stereocenters. The van der Waals surface area contributed by atoms with E-state index in [1.807, 2.05) is 28.9 Å². The summed E-state index contributed by atoms with van der Waals surface area (Å²) in [5.74, 6) is -1.26. The number of amides is 1. The van der Waals surface area contributed by atoms with E-state index in [4.69, 9.17) is 20.7 Å². The quantitative estimate of drug-likeness (QED) is 0.224. The normalized spacial score (nSPS) is 11.2. The Morgan fingerprint density at radius 1 is 1.08 bits per heavy atom. The number of unbranched alkanes of at least 4 members (excludes halogenated alkanes) is 1. The summed E-state index contributed by atoms with van der Waals surface area (Å²) in [7, 11) is 0. The number of nitrogens with zero attached hydrogens (tertiary/aromatic N) is 3. The summed E-state index contributed by atoms with van der Waals surface area (Å²) in [4.78, 5) is 26.8. The molecule has 0 aliphatic rings. The molecule has 192 valence electrons. The number of carboxylic acid groups (broad SMARTS) is 1. The van der Waals surface area contributed by atoms with Crippen LogP contribution in [0.15, 0.2) is 59.3 Å². The maximum absolute atomic E-state index is 11.3. The van der Waals surface area contributed by atoms with Crippen LogP contribution in [0.1, 0.15) is 59.1 Å². The Bertz CT molecular complexity index is 1420. The Morgan fingerprint density at radius 3 is 2.54 bits per heavy atom. The van der Waals surface area contributed by atoms with E-state index in [0.717, 1.165) is 50.1 Å². The number of nitrogens with two attached hydrogens (primary N) is 1. The largest absolute Gasteiger partial charge is 0.481 e. The summed E-state index contributed by atoms with van der Waals surface area (Å²) in [6, 6.07) is 13.2. The summed E-state index contributed by atoms with van der Waals surface area (Å²) in [5, 5.41) is 14.1. The van der Waals surface area contributed by atoms with E-state index in [1.54, 1.807) is 18.3 Å². The van der Waals surface area contributed by atoms with Gasteiger partial charge in [-0.2, -0.15) is 5.10 Å². The zero-order valence-electron chi connectivity index (χ0n) is 20.6. The van der Waals surface area contributed by atoms with Gasteiger partial charge in [0.05, 0.1) is 24.4 Å². The lowest BCUT2D eigenvalue weighted by Crippen LogP contribution is -2.11. The van der Waals surface area contributed by atoms with Gasteiger partial charge in [0.1, 0.15) is 0 Å². The van der Waals surface area contributed by atoms with Crippen LogP contribution in [-0.4, -0.2) is 31.6 Å². The number of primary amides is 1. The van der Waals surface area contributed by atoms with Crippen molar-refractivity contribution >= 4 is 33.3 Å². The molecular weight excluding hydrogens is 536 g/mol. The van der Waals surface area contributed by atoms with Crippen LogP contribution in [0.4, 0.5) is 0 Å². The molecule has 0 saturated heterocycles. The average Bonchev–Trinajstić information content (AvgIpc) is 3.29. The summed E-state index contributed by atoms with van der Waals surface area (Å²) in [6.45, 7) is 2.71. The van der Waals surface area contributed by atoms with E-state index >= 15 is 0 Å². The van der Waals surface area contributed by atoms with E-state index in [-0.39, 0.29) is 13.0 Å². The fraction of sp³-hybridized carbons (Fsp3) is 0.286. The lowest BCUT2D eigenvalue weighted by molar-refractivity contribution is -0.137. The zero-order valence-corrected chi connectivity index (χ0v) is 22.2. The van der Waals surface area contributed by atoms with Gasteiger partial charge in [-0.1, -0.05) is 19.1 Å². The number of carbonyl (C=O) groups excluding carboxylic acids is 1. The fourth-order valence-corrected chi connectivity index (χ4v) is 4.76. The molecule has 3 aromatic heterocycles. The standard InChI is InChI=1S/C28H29BrN4O4/c1-2-22-11-12-25-27(20-13-21(29)15-31-14-20)23(5-3-4-6-26(34)35)24(32-33(22)25)17-37-16-18-7-9-19(10-8-18)28(30)36/h7-15H,2-6,16-17H2,1H3,(H2,30,36)(H,34,35). The van der Waals surface area contributed by atoms with Gasteiger partial charge in [-0.15, -0.1) is 0 Å². The molecule has 1 aromatic carbocycles. The number of ether oxygens (including phenoxy) is 1. The number of hydrogen-bond donors (Lipinski definition) is 2. The van der Waals surface area contributed by atoms with Gasteiger partial charge in [0, 0.05) is 45.7 Å². The highest BCUT2D eigenvalue weighted by molar-refractivity contribution is 9.10. The minimum atomic E-state index is -0.796. The number of fused-ring (bicyclic) bond motifs is 1. The highest BCUT2D eigenvalue weighted by Gasteiger charge is 2.19. The molecule has 4 aromatic rings. The minimum Gasteiger partial charge on any atom is -0.481 e. The van der Waals surface area contributed by atoms with Crippen molar-refractivity contribution in [1.29, 1.82) is 0 Å². The van der Waals surface area contributed by atoms with Gasteiger partial charge in [0.2, 0.25) is 5.91 Å². The average molecular weight is 565 g/mol. The molecular formula is C28H29BrN4O4. The van der Waals surface area contributed by atoms with Crippen LogP contribution in [-0.2, 0) is 35.6 Å². The highest BCUT2D eigenvalue weighted by atomic mass is 79.9. The Kier molecular flexibility index (Phi) is 8.68. The molecule has 0 aliphatic heterocycles. The summed E-state index contributed by atoms with van der Waals surface area (Å²) >= 11 is 3.54. The third kappa shape index (κ3) is 6.42. The minimum absolute atomic E-state index is 0.127. The number of halogens is 1. The van der Waals surface area contributed by atoms with E-state index in [2.05, 4.69) is 40.0 Å². The molecule has 8 nitrogen and oxygen atoms in total. The Labute approximate surface area is 223 Å². The van der Waals surface area contributed by atoms with Gasteiger partial charge in [-0.3, -0.25) is 14.6 Å².